The van der Waals surface area contributed by atoms with Crippen LogP contribution in [0.3, 0.4) is 0 Å². The number of carbonyl (C=O) groups excluding carboxylic acids is 1. The average molecular weight is 330 g/mol. The summed E-state index contributed by atoms with van der Waals surface area (Å²) in [5.41, 5.74) is 4.88. The smallest absolute Gasteiger partial charge is 0.271 e. The SMILES string of the molecule is O=C(N/N=C(/c1ccccc1)C(O)c1ccccc1)c1ccccc1. The first-order valence-electron chi connectivity index (χ1n) is 7.97. The molecule has 0 bridgehead atoms. The monoisotopic (exact) mass is 330 g/mol. The molecule has 0 aliphatic carbocycles. The van der Waals surface area contributed by atoms with E-state index in [9.17, 15) is 9.90 Å². The van der Waals surface area contributed by atoms with Gasteiger partial charge in [0.1, 0.15) is 11.8 Å². The van der Waals surface area contributed by atoms with Crippen molar-refractivity contribution in [1.82, 2.24) is 5.43 Å². The lowest BCUT2D eigenvalue weighted by molar-refractivity contribution is 0.0954. The van der Waals surface area contributed by atoms with Gasteiger partial charge in [-0.15, -0.1) is 0 Å². The Morgan fingerprint density at radius 1 is 0.760 bits per heavy atom. The molecule has 0 fully saturated rings. The second kappa shape index (κ2) is 8.04. The van der Waals surface area contributed by atoms with Gasteiger partial charge in [0.05, 0.1) is 0 Å². The molecule has 0 heterocycles. The average Bonchev–Trinajstić information content (AvgIpc) is 2.70. The van der Waals surface area contributed by atoms with Crippen LogP contribution in [0.25, 0.3) is 0 Å². The van der Waals surface area contributed by atoms with Crippen LogP contribution in [0.15, 0.2) is 96.1 Å². The lowest BCUT2D eigenvalue weighted by atomic mass is 9.99. The van der Waals surface area contributed by atoms with Gasteiger partial charge in [0, 0.05) is 11.1 Å². The molecule has 124 valence electrons. The van der Waals surface area contributed by atoms with Crippen molar-refractivity contribution in [3.63, 3.8) is 0 Å². The summed E-state index contributed by atoms with van der Waals surface area (Å²) in [5.74, 6) is -0.325. The minimum Gasteiger partial charge on any atom is -0.382 e. The Kier molecular flexibility index (Phi) is 5.34. The van der Waals surface area contributed by atoms with E-state index in [1.165, 1.54) is 0 Å². The van der Waals surface area contributed by atoms with Crippen molar-refractivity contribution >= 4 is 11.6 Å². The van der Waals surface area contributed by atoms with Crippen molar-refractivity contribution in [2.24, 2.45) is 5.10 Å². The van der Waals surface area contributed by atoms with E-state index in [-0.39, 0.29) is 5.91 Å². The van der Waals surface area contributed by atoms with Crippen molar-refractivity contribution in [1.29, 1.82) is 0 Å². The molecule has 0 saturated carbocycles. The number of nitrogens with one attached hydrogen (secondary N) is 1. The minimum atomic E-state index is -0.945. The van der Waals surface area contributed by atoms with Crippen LogP contribution >= 0.6 is 0 Å². The Morgan fingerprint density at radius 2 is 1.24 bits per heavy atom. The summed E-state index contributed by atoms with van der Waals surface area (Å²) >= 11 is 0. The predicted molar refractivity (Wildman–Crippen MR) is 98.3 cm³/mol. The fourth-order valence-corrected chi connectivity index (χ4v) is 2.45. The van der Waals surface area contributed by atoms with E-state index >= 15 is 0 Å². The molecule has 1 amide bonds. The number of aliphatic hydroxyl groups is 1. The Morgan fingerprint density at radius 3 is 1.80 bits per heavy atom. The molecule has 4 heteroatoms. The van der Waals surface area contributed by atoms with Crippen LogP contribution in [0.5, 0.6) is 0 Å². The summed E-state index contributed by atoms with van der Waals surface area (Å²) in [6.07, 6.45) is -0.945. The number of aliphatic hydroxyl groups excluding tert-OH is 1. The minimum absolute atomic E-state index is 0.325. The van der Waals surface area contributed by atoms with Gasteiger partial charge in [0.2, 0.25) is 0 Å². The van der Waals surface area contributed by atoms with Gasteiger partial charge >= 0.3 is 0 Å². The van der Waals surface area contributed by atoms with Crippen LogP contribution in [0.4, 0.5) is 0 Å². The first-order valence-corrected chi connectivity index (χ1v) is 7.97. The van der Waals surface area contributed by atoms with Crippen LogP contribution in [-0.4, -0.2) is 16.7 Å². The molecular formula is C21H18N2O2. The standard InChI is InChI=1S/C21H18N2O2/c24-20(17-12-6-2-7-13-17)19(16-10-4-1-5-11-16)22-23-21(25)18-14-8-3-9-15-18/h1-15,20,24H,(H,23,25)/b22-19-. The molecule has 4 nitrogen and oxygen atoms in total. The van der Waals surface area contributed by atoms with Crippen molar-refractivity contribution in [2.45, 2.75) is 6.10 Å². The maximum Gasteiger partial charge on any atom is 0.271 e. The van der Waals surface area contributed by atoms with Crippen molar-refractivity contribution in [3.8, 4) is 0 Å². The molecule has 0 radical (unpaired) electrons. The number of rotatable bonds is 5. The van der Waals surface area contributed by atoms with Crippen LogP contribution < -0.4 is 5.43 Å². The second-order valence-electron chi connectivity index (χ2n) is 5.48. The number of amides is 1. The van der Waals surface area contributed by atoms with Gasteiger partial charge in [0.15, 0.2) is 0 Å². The maximum atomic E-state index is 12.2. The molecule has 3 aromatic rings. The zero-order valence-electron chi connectivity index (χ0n) is 13.5. The number of hydrogen-bond donors (Lipinski definition) is 2. The summed E-state index contributed by atoms with van der Waals surface area (Å²) in [6.45, 7) is 0. The summed E-state index contributed by atoms with van der Waals surface area (Å²) in [4.78, 5) is 12.2. The molecule has 0 spiro atoms. The molecular weight excluding hydrogens is 312 g/mol. The number of hydrogen-bond acceptors (Lipinski definition) is 3. The maximum absolute atomic E-state index is 12.2. The van der Waals surface area contributed by atoms with E-state index in [0.29, 0.717) is 16.8 Å². The summed E-state index contributed by atoms with van der Waals surface area (Å²) in [5, 5.41) is 14.9. The largest absolute Gasteiger partial charge is 0.382 e. The van der Waals surface area contributed by atoms with E-state index < -0.39 is 6.10 Å². The highest BCUT2D eigenvalue weighted by Crippen LogP contribution is 2.19. The number of benzene rings is 3. The number of carbonyl (C=O) groups is 1. The molecule has 25 heavy (non-hydrogen) atoms. The van der Waals surface area contributed by atoms with Gasteiger partial charge in [-0.3, -0.25) is 4.79 Å². The molecule has 0 aromatic heterocycles. The fourth-order valence-electron chi connectivity index (χ4n) is 2.45. The predicted octanol–water partition coefficient (Wildman–Crippen LogP) is 3.55. The summed E-state index contributed by atoms with van der Waals surface area (Å²) in [7, 11) is 0. The quantitative estimate of drug-likeness (QED) is 0.555. The summed E-state index contributed by atoms with van der Waals surface area (Å²) in [6, 6.07) is 27.4. The Bertz CT molecular complexity index is 847. The zero-order chi connectivity index (χ0) is 17.5. The van der Waals surface area contributed by atoms with Gasteiger partial charge in [-0.1, -0.05) is 78.9 Å². The van der Waals surface area contributed by atoms with Gasteiger partial charge in [0.25, 0.3) is 5.91 Å². The van der Waals surface area contributed by atoms with E-state index in [4.69, 9.17) is 0 Å². The zero-order valence-corrected chi connectivity index (χ0v) is 13.5. The Balaban J connectivity index is 1.90. The second-order valence-corrected chi connectivity index (χ2v) is 5.48. The van der Waals surface area contributed by atoms with Crippen LogP contribution in [0, 0.1) is 0 Å². The third-order valence-electron chi connectivity index (χ3n) is 3.76. The van der Waals surface area contributed by atoms with Crippen molar-refractivity contribution in [2.75, 3.05) is 0 Å². The molecule has 0 aliphatic rings. The van der Waals surface area contributed by atoms with Crippen LogP contribution in [0.2, 0.25) is 0 Å². The third kappa shape index (κ3) is 4.19. The molecule has 1 unspecified atom stereocenters. The molecule has 1 atom stereocenters. The van der Waals surface area contributed by atoms with Gasteiger partial charge < -0.3 is 5.11 Å². The molecule has 2 N–H and O–H groups in total. The Labute approximate surface area is 146 Å². The lowest BCUT2D eigenvalue weighted by Crippen LogP contribution is -2.23. The van der Waals surface area contributed by atoms with Crippen LogP contribution in [0.1, 0.15) is 27.6 Å². The van der Waals surface area contributed by atoms with E-state index in [2.05, 4.69) is 10.5 Å². The molecule has 3 aromatic carbocycles. The molecule has 0 saturated heterocycles. The lowest BCUT2D eigenvalue weighted by Gasteiger charge is -2.15. The molecule has 0 aliphatic heterocycles. The first-order chi connectivity index (χ1) is 12.3. The normalized spacial score (nSPS) is 12.4. The van der Waals surface area contributed by atoms with Crippen molar-refractivity contribution < 1.29 is 9.90 Å². The number of nitrogens with zero attached hydrogens (tertiary/aromatic N) is 1. The van der Waals surface area contributed by atoms with Gasteiger partial charge in [-0.25, -0.2) is 5.43 Å². The van der Waals surface area contributed by atoms with Gasteiger partial charge in [-0.2, -0.15) is 5.10 Å². The third-order valence-corrected chi connectivity index (χ3v) is 3.76. The topological polar surface area (TPSA) is 61.7 Å². The summed E-state index contributed by atoms with van der Waals surface area (Å²) < 4.78 is 0. The Hall–Kier alpha value is -3.24. The fraction of sp³-hybridized carbons (Fsp3) is 0.0476. The van der Waals surface area contributed by atoms with Gasteiger partial charge in [-0.05, 0) is 17.7 Å². The highest BCUT2D eigenvalue weighted by Gasteiger charge is 2.17. The van der Waals surface area contributed by atoms with E-state index in [1.54, 1.807) is 24.3 Å². The van der Waals surface area contributed by atoms with E-state index in [0.717, 1.165) is 5.56 Å². The highest BCUT2D eigenvalue weighted by molar-refractivity contribution is 6.05. The molecule has 3 rings (SSSR count). The number of hydrazone groups is 1. The first kappa shape index (κ1) is 16.6. The van der Waals surface area contributed by atoms with Crippen molar-refractivity contribution in [3.05, 3.63) is 108 Å². The highest BCUT2D eigenvalue weighted by atomic mass is 16.3. The van der Waals surface area contributed by atoms with E-state index in [1.807, 2.05) is 66.7 Å². The van der Waals surface area contributed by atoms with Crippen LogP contribution in [-0.2, 0) is 0 Å².